The maximum absolute atomic E-state index is 6.01. The molecule has 0 bridgehead atoms. The van der Waals surface area contributed by atoms with Gasteiger partial charge in [0.1, 0.15) is 0 Å². The number of hydrogen-bond acceptors (Lipinski definition) is 1. The molecular formula is C14H22OSi. The van der Waals surface area contributed by atoms with Crippen molar-refractivity contribution in [1.82, 2.24) is 0 Å². The molecule has 1 aromatic rings. The second-order valence-corrected chi connectivity index (χ2v) is 9.36. The van der Waals surface area contributed by atoms with E-state index in [1.807, 2.05) is 6.07 Å². The summed E-state index contributed by atoms with van der Waals surface area (Å²) in [5.41, 5.74) is 1.34. The van der Waals surface area contributed by atoms with Gasteiger partial charge in [-0.25, -0.2) is 0 Å². The molecule has 1 aromatic carbocycles. The van der Waals surface area contributed by atoms with Crippen LogP contribution in [0.3, 0.4) is 0 Å². The van der Waals surface area contributed by atoms with Crippen molar-refractivity contribution in [3.8, 4) is 0 Å². The average molecular weight is 234 g/mol. The lowest BCUT2D eigenvalue weighted by Gasteiger charge is -2.21. The second-order valence-electron chi connectivity index (χ2n) is 4.93. The number of rotatable bonds is 5. The molecule has 0 unspecified atom stereocenters. The van der Waals surface area contributed by atoms with Gasteiger partial charge in [0.25, 0.3) is 0 Å². The average Bonchev–Trinajstić information content (AvgIpc) is 2.24. The van der Waals surface area contributed by atoms with Crippen molar-refractivity contribution in [3.63, 3.8) is 0 Å². The summed E-state index contributed by atoms with van der Waals surface area (Å²) in [4.78, 5) is 0. The summed E-state index contributed by atoms with van der Waals surface area (Å²) in [6.07, 6.45) is 4.17. The highest BCUT2D eigenvalue weighted by Gasteiger charge is 2.16. The van der Waals surface area contributed by atoms with E-state index < -0.39 is 8.32 Å². The Hall–Kier alpha value is -1.02. The van der Waals surface area contributed by atoms with E-state index in [-0.39, 0.29) is 0 Å². The molecule has 1 nitrogen and oxygen atoms in total. The lowest BCUT2D eigenvalue weighted by Crippen LogP contribution is -2.24. The highest BCUT2D eigenvalue weighted by Crippen LogP contribution is 2.14. The van der Waals surface area contributed by atoms with Crippen LogP contribution in [0.5, 0.6) is 0 Å². The minimum Gasteiger partial charge on any atom is -0.548 e. The molecule has 0 aliphatic carbocycles. The zero-order chi connectivity index (χ0) is 12.0. The van der Waals surface area contributed by atoms with Crippen LogP contribution in [0.1, 0.15) is 18.9 Å². The third-order valence-corrected chi connectivity index (χ3v) is 3.07. The van der Waals surface area contributed by atoms with Crippen LogP contribution in [0.2, 0.25) is 19.6 Å². The first kappa shape index (κ1) is 13.0. The number of benzene rings is 1. The van der Waals surface area contributed by atoms with E-state index >= 15 is 0 Å². The van der Waals surface area contributed by atoms with E-state index in [9.17, 15) is 0 Å². The van der Waals surface area contributed by atoms with E-state index in [0.29, 0.717) is 0 Å². The van der Waals surface area contributed by atoms with Gasteiger partial charge >= 0.3 is 0 Å². The molecule has 0 spiro atoms. The first-order chi connectivity index (χ1) is 7.51. The predicted octanol–water partition coefficient (Wildman–Crippen LogP) is 4.37. The Labute approximate surface area is 100 Å². The van der Waals surface area contributed by atoms with Gasteiger partial charge in [-0.1, -0.05) is 37.3 Å². The summed E-state index contributed by atoms with van der Waals surface area (Å²) in [7, 11) is -1.45. The van der Waals surface area contributed by atoms with Crippen molar-refractivity contribution in [1.29, 1.82) is 0 Å². The maximum atomic E-state index is 6.01. The maximum Gasteiger partial charge on any atom is 0.241 e. The molecule has 0 saturated heterocycles. The number of allylic oxidation sites excluding steroid dienone is 2. The topological polar surface area (TPSA) is 9.23 Å². The first-order valence-corrected chi connectivity index (χ1v) is 9.34. The van der Waals surface area contributed by atoms with Crippen LogP contribution in [0, 0.1) is 0 Å². The minimum absolute atomic E-state index is 0.967. The van der Waals surface area contributed by atoms with Gasteiger partial charge in [-0.3, -0.25) is 0 Å². The molecule has 2 heteroatoms. The van der Waals surface area contributed by atoms with Crippen molar-refractivity contribution in [3.05, 3.63) is 47.7 Å². The van der Waals surface area contributed by atoms with Crippen LogP contribution in [0.15, 0.2) is 42.2 Å². The molecule has 0 amide bonds. The highest BCUT2D eigenvalue weighted by atomic mass is 28.4. The van der Waals surface area contributed by atoms with Gasteiger partial charge in [0, 0.05) is 6.42 Å². The van der Waals surface area contributed by atoms with Crippen LogP contribution >= 0.6 is 0 Å². The molecule has 0 N–H and O–H groups in total. The molecule has 0 radical (unpaired) electrons. The smallest absolute Gasteiger partial charge is 0.241 e. The van der Waals surface area contributed by atoms with Crippen LogP contribution in [-0.2, 0) is 10.8 Å². The largest absolute Gasteiger partial charge is 0.548 e. The summed E-state index contributed by atoms with van der Waals surface area (Å²) in [5.74, 6) is 1.14. The summed E-state index contributed by atoms with van der Waals surface area (Å²) >= 11 is 0. The van der Waals surface area contributed by atoms with E-state index in [2.05, 4.69) is 56.9 Å². The molecule has 0 saturated carbocycles. The molecule has 0 aliphatic rings. The molecule has 0 heterocycles. The van der Waals surface area contributed by atoms with E-state index in [4.69, 9.17) is 4.43 Å². The molecule has 88 valence electrons. The van der Waals surface area contributed by atoms with Gasteiger partial charge in [0.2, 0.25) is 8.32 Å². The quantitative estimate of drug-likeness (QED) is 0.543. The lowest BCUT2D eigenvalue weighted by molar-refractivity contribution is 0.403. The fourth-order valence-electron chi connectivity index (χ4n) is 1.50. The Morgan fingerprint density at radius 3 is 2.31 bits per heavy atom. The number of hydrogen-bond donors (Lipinski definition) is 0. The zero-order valence-electron chi connectivity index (χ0n) is 10.8. The highest BCUT2D eigenvalue weighted by molar-refractivity contribution is 6.70. The summed E-state index contributed by atoms with van der Waals surface area (Å²) < 4.78 is 6.01. The van der Waals surface area contributed by atoms with Gasteiger partial charge in [-0.2, -0.15) is 0 Å². The lowest BCUT2D eigenvalue weighted by atomic mass is 10.1. The minimum atomic E-state index is -1.45. The standard InChI is InChI=1S/C14H22OSi/c1-5-14(15-16(2,3)4)12-11-13-9-7-6-8-10-13/h6-10,12H,5,11H2,1-4H3/b14-12+. The Kier molecular flexibility index (Phi) is 4.81. The molecular weight excluding hydrogens is 212 g/mol. The van der Waals surface area contributed by atoms with Gasteiger partial charge in [-0.15, -0.1) is 0 Å². The van der Waals surface area contributed by atoms with Crippen molar-refractivity contribution < 1.29 is 4.43 Å². The van der Waals surface area contributed by atoms with Crippen molar-refractivity contribution >= 4 is 8.32 Å². The van der Waals surface area contributed by atoms with Crippen LogP contribution in [-0.4, -0.2) is 8.32 Å². The van der Waals surface area contributed by atoms with Gasteiger partial charge < -0.3 is 4.43 Å². The van der Waals surface area contributed by atoms with Crippen molar-refractivity contribution in [2.75, 3.05) is 0 Å². The first-order valence-electron chi connectivity index (χ1n) is 5.93. The van der Waals surface area contributed by atoms with E-state index in [1.54, 1.807) is 0 Å². The third-order valence-electron chi connectivity index (χ3n) is 2.19. The third kappa shape index (κ3) is 5.17. The predicted molar refractivity (Wildman–Crippen MR) is 73.0 cm³/mol. The Balaban J connectivity index is 2.60. The molecule has 0 aliphatic heterocycles. The molecule has 0 atom stereocenters. The second kappa shape index (κ2) is 5.90. The fraction of sp³-hybridized carbons (Fsp3) is 0.429. The summed E-state index contributed by atoms with van der Waals surface area (Å²) in [5, 5.41) is 0. The van der Waals surface area contributed by atoms with Crippen LogP contribution in [0.4, 0.5) is 0 Å². The fourth-order valence-corrected chi connectivity index (χ4v) is 2.51. The van der Waals surface area contributed by atoms with Crippen LogP contribution < -0.4 is 0 Å². The van der Waals surface area contributed by atoms with E-state index in [1.165, 1.54) is 5.56 Å². The van der Waals surface area contributed by atoms with Gasteiger partial charge in [-0.05, 0) is 37.7 Å². The van der Waals surface area contributed by atoms with Crippen molar-refractivity contribution in [2.24, 2.45) is 0 Å². The van der Waals surface area contributed by atoms with Gasteiger partial charge in [0.15, 0.2) is 0 Å². The Bertz CT molecular complexity index is 336. The Morgan fingerprint density at radius 1 is 1.19 bits per heavy atom. The SMILES string of the molecule is CC/C(=C\Cc1ccccc1)O[Si](C)(C)C. The monoisotopic (exact) mass is 234 g/mol. The molecule has 0 fully saturated rings. The Morgan fingerprint density at radius 2 is 1.81 bits per heavy atom. The zero-order valence-corrected chi connectivity index (χ0v) is 11.8. The molecule has 0 aromatic heterocycles. The summed E-state index contributed by atoms with van der Waals surface area (Å²) in [6, 6.07) is 10.5. The molecule has 16 heavy (non-hydrogen) atoms. The van der Waals surface area contributed by atoms with Crippen LogP contribution in [0.25, 0.3) is 0 Å². The van der Waals surface area contributed by atoms with Crippen molar-refractivity contribution in [2.45, 2.75) is 39.4 Å². The normalized spacial score (nSPS) is 12.6. The molecule has 1 rings (SSSR count). The van der Waals surface area contributed by atoms with E-state index in [0.717, 1.165) is 18.6 Å². The van der Waals surface area contributed by atoms with Gasteiger partial charge in [0.05, 0.1) is 5.76 Å². The summed E-state index contributed by atoms with van der Waals surface area (Å²) in [6.45, 7) is 8.81.